The fourth-order valence-corrected chi connectivity index (χ4v) is 6.59. The molecule has 0 saturated carbocycles. The Morgan fingerprint density at radius 2 is 1.57 bits per heavy atom. The van der Waals surface area contributed by atoms with E-state index in [-0.39, 0.29) is 5.91 Å². The number of aromatic nitrogens is 1. The second-order valence-corrected chi connectivity index (χ2v) is 12.5. The molecule has 1 aliphatic heterocycles. The van der Waals surface area contributed by atoms with Crippen LogP contribution < -0.4 is 20.9 Å². The summed E-state index contributed by atoms with van der Waals surface area (Å²) >= 11 is 0. The zero-order valence-corrected chi connectivity index (χ0v) is 27.6. The summed E-state index contributed by atoms with van der Waals surface area (Å²) in [5, 5.41) is 21.2. The number of unbranched alkanes of at least 4 members (excludes halogenated alkanes) is 1. The average Bonchev–Trinajstić information content (AvgIpc) is 3.74. The van der Waals surface area contributed by atoms with Crippen molar-refractivity contribution in [3.05, 3.63) is 126 Å². The molecular formula is C40H41N7O2. The highest BCUT2D eigenvalue weighted by molar-refractivity contribution is 5.96. The summed E-state index contributed by atoms with van der Waals surface area (Å²) in [6.45, 7) is 6.01. The molecule has 1 fully saturated rings. The molecule has 1 aliphatic rings. The highest BCUT2D eigenvalue weighted by atomic mass is 16.3. The van der Waals surface area contributed by atoms with Gasteiger partial charge in [-0.3, -0.25) is 9.69 Å². The maximum Gasteiger partial charge on any atom is 0.288 e. The van der Waals surface area contributed by atoms with Crippen molar-refractivity contribution in [2.75, 3.05) is 54.9 Å². The lowest BCUT2D eigenvalue weighted by Gasteiger charge is -2.36. The van der Waals surface area contributed by atoms with Crippen molar-refractivity contribution in [1.29, 1.82) is 5.26 Å². The van der Waals surface area contributed by atoms with E-state index in [1.165, 1.54) is 10.9 Å². The quantitative estimate of drug-likeness (QED) is 0.0892. The van der Waals surface area contributed by atoms with E-state index >= 15 is 0 Å². The standard InChI is InChI=1S/C40H41N7O2/c41-26-30-14-16-37-36(23-30)31(27-47(37)29-44-34-12-5-2-6-13-34)9-7-8-18-45-19-21-46(22-20-45)35-15-17-38-32(24-35)25-39(49-38)40(48)43-28-42-33-10-3-1-4-11-33/h1-6,10-17,23-25,27,42,44H,7-9,18-22,28-29H2,(H,43,48). The fraction of sp³-hybridized carbons (Fsp3) is 0.250. The predicted octanol–water partition coefficient (Wildman–Crippen LogP) is 7.27. The Labute approximate surface area is 286 Å². The van der Waals surface area contributed by atoms with Gasteiger partial charge in [-0.2, -0.15) is 5.26 Å². The van der Waals surface area contributed by atoms with Crippen LogP contribution in [-0.4, -0.2) is 54.8 Å². The van der Waals surface area contributed by atoms with Crippen molar-refractivity contribution in [1.82, 2.24) is 14.8 Å². The highest BCUT2D eigenvalue weighted by Gasteiger charge is 2.19. The van der Waals surface area contributed by atoms with E-state index in [2.05, 4.69) is 72.9 Å². The lowest BCUT2D eigenvalue weighted by Crippen LogP contribution is -2.46. The molecule has 0 aliphatic carbocycles. The van der Waals surface area contributed by atoms with Gasteiger partial charge in [-0.25, -0.2) is 0 Å². The van der Waals surface area contributed by atoms with Crippen LogP contribution in [0.5, 0.6) is 0 Å². The zero-order chi connectivity index (χ0) is 33.4. The van der Waals surface area contributed by atoms with Crippen LogP contribution in [0.15, 0.2) is 114 Å². The molecule has 3 heterocycles. The van der Waals surface area contributed by atoms with Crippen molar-refractivity contribution >= 4 is 44.8 Å². The molecule has 49 heavy (non-hydrogen) atoms. The number of nitriles is 1. The number of benzene rings is 4. The lowest BCUT2D eigenvalue weighted by molar-refractivity contribution is 0.0931. The van der Waals surface area contributed by atoms with Crippen molar-refractivity contribution in [2.45, 2.75) is 25.9 Å². The Kier molecular flexibility index (Phi) is 9.76. The molecule has 0 radical (unpaired) electrons. The van der Waals surface area contributed by atoms with Gasteiger partial charge in [0.15, 0.2) is 5.76 Å². The lowest BCUT2D eigenvalue weighted by atomic mass is 10.0. The number of amides is 1. The number of piperazine rings is 1. The minimum Gasteiger partial charge on any atom is -0.451 e. The molecule has 9 heteroatoms. The van der Waals surface area contributed by atoms with Gasteiger partial charge in [-0.1, -0.05) is 36.4 Å². The van der Waals surface area contributed by atoms with E-state index in [1.54, 1.807) is 0 Å². The number of aryl methyl sites for hydroxylation is 1. The summed E-state index contributed by atoms with van der Waals surface area (Å²) < 4.78 is 8.11. The third kappa shape index (κ3) is 7.72. The monoisotopic (exact) mass is 651 g/mol. The minimum absolute atomic E-state index is 0.243. The zero-order valence-electron chi connectivity index (χ0n) is 27.6. The summed E-state index contributed by atoms with van der Waals surface area (Å²) in [4.78, 5) is 17.7. The van der Waals surface area contributed by atoms with Crippen LogP contribution >= 0.6 is 0 Å². The number of carbonyl (C=O) groups excluding carboxylic acids is 1. The van der Waals surface area contributed by atoms with Crippen molar-refractivity contribution < 1.29 is 9.21 Å². The molecule has 1 amide bonds. The van der Waals surface area contributed by atoms with E-state index in [1.807, 2.05) is 72.8 Å². The Balaban J connectivity index is 0.885. The number of fused-ring (bicyclic) bond motifs is 2. The Hall–Kier alpha value is -5.72. The van der Waals surface area contributed by atoms with Crippen LogP contribution in [0.25, 0.3) is 21.9 Å². The molecule has 3 N–H and O–H groups in total. The molecule has 1 saturated heterocycles. The van der Waals surface area contributed by atoms with Gasteiger partial charge in [-0.15, -0.1) is 0 Å². The number of furan rings is 1. The van der Waals surface area contributed by atoms with Crippen LogP contribution in [0.1, 0.15) is 34.5 Å². The average molecular weight is 652 g/mol. The number of hydrogen-bond acceptors (Lipinski definition) is 7. The van der Waals surface area contributed by atoms with Gasteiger partial charge in [0, 0.05) is 65.7 Å². The van der Waals surface area contributed by atoms with E-state index in [0.717, 1.165) is 80.0 Å². The molecule has 0 unspecified atom stereocenters. The molecule has 0 spiro atoms. The molecule has 2 aromatic heterocycles. The van der Waals surface area contributed by atoms with Crippen LogP contribution in [0.3, 0.4) is 0 Å². The number of para-hydroxylation sites is 2. The van der Waals surface area contributed by atoms with Crippen molar-refractivity contribution in [3.8, 4) is 6.07 Å². The van der Waals surface area contributed by atoms with E-state index < -0.39 is 0 Å². The first-order valence-electron chi connectivity index (χ1n) is 17.0. The predicted molar refractivity (Wildman–Crippen MR) is 197 cm³/mol. The molecule has 9 nitrogen and oxygen atoms in total. The third-order valence-electron chi connectivity index (χ3n) is 9.27. The van der Waals surface area contributed by atoms with Crippen LogP contribution in [-0.2, 0) is 13.1 Å². The second kappa shape index (κ2) is 15.0. The van der Waals surface area contributed by atoms with Crippen LogP contribution in [0, 0.1) is 11.3 Å². The first kappa shape index (κ1) is 31.9. The first-order valence-corrected chi connectivity index (χ1v) is 17.0. The third-order valence-corrected chi connectivity index (χ3v) is 9.27. The molecule has 248 valence electrons. The normalized spacial score (nSPS) is 13.4. The molecule has 4 aromatic carbocycles. The van der Waals surface area contributed by atoms with Crippen LogP contribution in [0.4, 0.5) is 17.1 Å². The molecule has 0 atom stereocenters. The number of anilines is 3. The number of rotatable bonds is 13. The molecular weight excluding hydrogens is 610 g/mol. The smallest absolute Gasteiger partial charge is 0.288 e. The Bertz CT molecular complexity index is 2060. The van der Waals surface area contributed by atoms with Gasteiger partial charge in [0.25, 0.3) is 5.91 Å². The maximum absolute atomic E-state index is 12.7. The summed E-state index contributed by atoms with van der Waals surface area (Å²) in [7, 11) is 0. The molecule has 0 bridgehead atoms. The number of nitrogens with zero attached hydrogens (tertiary/aromatic N) is 4. The SMILES string of the molecule is N#Cc1ccc2c(c1)c(CCCCN1CCN(c3ccc4oc(C(=O)NCNc5ccccc5)cc4c3)CC1)cn2CNc1ccccc1. The van der Waals surface area contributed by atoms with Gasteiger partial charge < -0.3 is 29.8 Å². The summed E-state index contributed by atoms with van der Waals surface area (Å²) in [5.74, 6) is 0.0679. The first-order chi connectivity index (χ1) is 24.1. The topological polar surface area (TPSA) is 102 Å². The maximum atomic E-state index is 12.7. The van der Waals surface area contributed by atoms with Gasteiger partial charge in [0.05, 0.1) is 25.0 Å². The van der Waals surface area contributed by atoms with Crippen molar-refractivity contribution in [3.63, 3.8) is 0 Å². The Morgan fingerprint density at radius 1 is 0.816 bits per heavy atom. The summed E-state index contributed by atoms with van der Waals surface area (Å²) in [6, 6.07) is 36.3. The number of nitrogens with one attached hydrogen (secondary N) is 3. The molecule has 6 aromatic rings. The summed E-state index contributed by atoms with van der Waals surface area (Å²) in [6.07, 6.45) is 5.45. The second-order valence-electron chi connectivity index (χ2n) is 12.5. The number of hydrogen-bond donors (Lipinski definition) is 3. The minimum atomic E-state index is -0.243. The summed E-state index contributed by atoms with van der Waals surface area (Å²) in [5.41, 5.74) is 7.04. The largest absolute Gasteiger partial charge is 0.451 e. The van der Waals surface area contributed by atoms with E-state index in [4.69, 9.17) is 4.42 Å². The van der Waals surface area contributed by atoms with Gasteiger partial charge in [0.1, 0.15) is 5.58 Å². The highest BCUT2D eigenvalue weighted by Crippen LogP contribution is 2.27. The van der Waals surface area contributed by atoms with Crippen molar-refractivity contribution in [2.24, 2.45) is 0 Å². The van der Waals surface area contributed by atoms with Gasteiger partial charge in [-0.05, 0) is 98.1 Å². The van der Waals surface area contributed by atoms with E-state index in [9.17, 15) is 10.1 Å². The molecule has 7 rings (SSSR count). The van der Waals surface area contributed by atoms with Gasteiger partial charge in [0.2, 0.25) is 0 Å². The Morgan fingerprint density at radius 3 is 2.33 bits per heavy atom. The van der Waals surface area contributed by atoms with Gasteiger partial charge >= 0.3 is 0 Å². The van der Waals surface area contributed by atoms with Crippen LogP contribution in [0.2, 0.25) is 0 Å². The number of carbonyl (C=O) groups is 1. The van der Waals surface area contributed by atoms with E-state index in [0.29, 0.717) is 30.2 Å². The fourth-order valence-electron chi connectivity index (χ4n) is 6.59.